The maximum atomic E-state index is 12.6. The minimum absolute atomic E-state index is 0.389. The summed E-state index contributed by atoms with van der Waals surface area (Å²) >= 11 is 6.10. The van der Waals surface area contributed by atoms with Gasteiger partial charge in [-0.1, -0.05) is 42.5 Å². The van der Waals surface area contributed by atoms with Crippen molar-refractivity contribution in [3.05, 3.63) is 65.4 Å². The van der Waals surface area contributed by atoms with Gasteiger partial charge >= 0.3 is 0 Å². The predicted molar refractivity (Wildman–Crippen MR) is 70.4 cm³/mol. The molecule has 1 heterocycles. The fraction of sp³-hybridized carbons (Fsp3) is 0.143. The first-order chi connectivity index (χ1) is 8.59. The molecule has 18 heavy (non-hydrogen) atoms. The molecule has 0 radical (unpaired) electrons. The molecule has 1 aliphatic rings. The molecule has 1 aliphatic heterocycles. The van der Waals surface area contributed by atoms with Gasteiger partial charge in [-0.05, 0) is 18.2 Å². The van der Waals surface area contributed by atoms with Gasteiger partial charge in [0.15, 0.2) is 0 Å². The van der Waals surface area contributed by atoms with E-state index in [9.17, 15) is 8.78 Å². The Morgan fingerprint density at radius 2 is 2.00 bits per heavy atom. The summed E-state index contributed by atoms with van der Waals surface area (Å²) in [7, 11) is 0. The molecule has 0 aromatic heterocycles. The van der Waals surface area contributed by atoms with Gasteiger partial charge in [-0.25, -0.2) is 8.78 Å². The van der Waals surface area contributed by atoms with Gasteiger partial charge in [-0.3, -0.25) is 0 Å². The zero-order chi connectivity index (χ0) is 13.1. The van der Waals surface area contributed by atoms with E-state index >= 15 is 0 Å². The predicted octanol–water partition coefficient (Wildman–Crippen LogP) is 4.33. The summed E-state index contributed by atoms with van der Waals surface area (Å²) in [6, 6.07) is 7.17. The number of hydrogen-bond donors (Lipinski definition) is 0. The lowest BCUT2D eigenvalue weighted by Gasteiger charge is -2.30. The Balaban J connectivity index is 2.40. The first-order valence-corrected chi connectivity index (χ1v) is 5.85. The fourth-order valence-electron chi connectivity index (χ4n) is 1.84. The number of benzene rings is 1. The number of hydrogen-bond acceptors (Lipinski definition) is 1. The molecule has 1 aromatic rings. The highest BCUT2D eigenvalue weighted by Crippen LogP contribution is 2.31. The molecule has 4 heteroatoms. The van der Waals surface area contributed by atoms with Gasteiger partial charge in [0.25, 0.3) is 6.43 Å². The quantitative estimate of drug-likeness (QED) is 0.788. The molecule has 1 nitrogen and oxygen atoms in total. The molecule has 0 amide bonds. The molecule has 0 saturated heterocycles. The van der Waals surface area contributed by atoms with Crippen LogP contribution in [0.15, 0.2) is 54.8 Å². The van der Waals surface area contributed by atoms with E-state index in [4.69, 9.17) is 11.6 Å². The van der Waals surface area contributed by atoms with Crippen LogP contribution in [0.5, 0.6) is 0 Å². The second-order valence-electron chi connectivity index (χ2n) is 3.88. The highest BCUT2D eigenvalue weighted by Gasteiger charge is 2.20. The second-order valence-corrected chi connectivity index (χ2v) is 4.29. The van der Waals surface area contributed by atoms with Crippen molar-refractivity contribution >= 4 is 17.3 Å². The molecule has 0 fully saturated rings. The van der Waals surface area contributed by atoms with Crippen molar-refractivity contribution in [3.8, 4) is 0 Å². The molecular weight excluding hydrogens is 256 g/mol. The van der Waals surface area contributed by atoms with E-state index in [1.54, 1.807) is 36.4 Å². The van der Waals surface area contributed by atoms with Crippen molar-refractivity contribution in [2.45, 2.75) is 6.43 Å². The van der Waals surface area contributed by atoms with Crippen LogP contribution >= 0.6 is 11.6 Å². The van der Waals surface area contributed by atoms with Crippen molar-refractivity contribution in [1.82, 2.24) is 4.90 Å². The molecule has 2 rings (SSSR count). The van der Waals surface area contributed by atoms with E-state index < -0.39 is 6.43 Å². The molecule has 0 bridgehead atoms. The highest BCUT2D eigenvalue weighted by atomic mass is 35.5. The number of rotatable bonds is 3. The zero-order valence-electron chi connectivity index (χ0n) is 9.61. The summed E-state index contributed by atoms with van der Waals surface area (Å²) in [5.41, 5.74) is 1.91. The van der Waals surface area contributed by atoms with Crippen molar-refractivity contribution in [1.29, 1.82) is 0 Å². The van der Waals surface area contributed by atoms with Crippen LogP contribution in [-0.4, -0.2) is 17.9 Å². The van der Waals surface area contributed by atoms with Crippen molar-refractivity contribution in [2.24, 2.45) is 0 Å². The fourth-order valence-corrected chi connectivity index (χ4v) is 2.08. The lowest BCUT2D eigenvalue weighted by atomic mass is 10.1. The first kappa shape index (κ1) is 12.8. The normalized spacial score (nSPS) is 15.2. The number of halogens is 3. The highest BCUT2D eigenvalue weighted by molar-refractivity contribution is 6.32. The third-order valence-electron chi connectivity index (χ3n) is 2.65. The van der Waals surface area contributed by atoms with Crippen LogP contribution in [0.1, 0.15) is 5.56 Å². The summed E-state index contributed by atoms with van der Waals surface area (Å²) in [6.07, 6.45) is 2.81. The Kier molecular flexibility index (Phi) is 3.82. The van der Waals surface area contributed by atoms with Gasteiger partial charge in [0, 0.05) is 16.3 Å². The smallest absolute Gasteiger partial charge is 0.256 e. The molecule has 0 saturated carbocycles. The Morgan fingerprint density at radius 3 is 2.67 bits per heavy atom. The van der Waals surface area contributed by atoms with Gasteiger partial charge in [0.1, 0.15) is 0 Å². The zero-order valence-corrected chi connectivity index (χ0v) is 10.4. The third-order valence-corrected chi connectivity index (χ3v) is 2.98. The maximum absolute atomic E-state index is 12.6. The molecule has 0 unspecified atom stereocenters. The molecule has 0 N–H and O–H groups in total. The average Bonchev–Trinajstić information content (AvgIpc) is 2.32. The first-order valence-electron chi connectivity index (χ1n) is 5.47. The third kappa shape index (κ3) is 2.62. The van der Waals surface area contributed by atoms with E-state index in [1.807, 2.05) is 6.07 Å². The Labute approximate surface area is 110 Å². The Morgan fingerprint density at radius 1 is 1.28 bits per heavy atom. The molecule has 0 atom stereocenters. The molecule has 1 aromatic carbocycles. The monoisotopic (exact) mass is 267 g/mol. The molecule has 0 aliphatic carbocycles. The van der Waals surface area contributed by atoms with Gasteiger partial charge in [-0.2, -0.15) is 0 Å². The summed E-state index contributed by atoms with van der Waals surface area (Å²) in [5.74, 6) is 0. The van der Waals surface area contributed by atoms with Crippen LogP contribution < -0.4 is 0 Å². The van der Waals surface area contributed by atoms with Crippen LogP contribution in [0.2, 0.25) is 5.02 Å². The van der Waals surface area contributed by atoms with Gasteiger partial charge in [0.2, 0.25) is 0 Å². The summed E-state index contributed by atoms with van der Waals surface area (Å²) in [4.78, 5) is 1.48. The van der Waals surface area contributed by atoms with E-state index in [1.165, 1.54) is 4.90 Å². The van der Waals surface area contributed by atoms with Crippen LogP contribution in [0, 0.1) is 0 Å². The number of nitrogens with zero attached hydrogens (tertiary/aromatic N) is 1. The topological polar surface area (TPSA) is 3.24 Å². The summed E-state index contributed by atoms with van der Waals surface area (Å²) in [6.45, 7) is 3.39. The van der Waals surface area contributed by atoms with Gasteiger partial charge < -0.3 is 4.90 Å². The summed E-state index contributed by atoms with van der Waals surface area (Å²) < 4.78 is 25.2. The largest absolute Gasteiger partial charge is 0.336 e. The SMILES string of the molecule is C=C1C=CC=C(c2ccccc2Cl)N1CC(F)F. The van der Waals surface area contributed by atoms with E-state index in [0.29, 0.717) is 16.4 Å². The van der Waals surface area contributed by atoms with E-state index in [0.717, 1.165) is 5.56 Å². The lowest BCUT2D eigenvalue weighted by Crippen LogP contribution is -2.27. The van der Waals surface area contributed by atoms with Crippen LogP contribution in [0.3, 0.4) is 0 Å². The molecule has 94 valence electrons. The number of alkyl halides is 2. The van der Waals surface area contributed by atoms with Crippen LogP contribution in [0.25, 0.3) is 5.70 Å². The maximum Gasteiger partial charge on any atom is 0.256 e. The van der Waals surface area contributed by atoms with Crippen LogP contribution in [-0.2, 0) is 0 Å². The Hall–Kier alpha value is -1.61. The van der Waals surface area contributed by atoms with E-state index in [-0.39, 0.29) is 6.54 Å². The summed E-state index contributed by atoms with van der Waals surface area (Å²) in [5, 5.41) is 0.533. The van der Waals surface area contributed by atoms with Gasteiger partial charge in [-0.15, -0.1) is 0 Å². The van der Waals surface area contributed by atoms with Crippen molar-refractivity contribution in [3.63, 3.8) is 0 Å². The second kappa shape index (κ2) is 5.36. The van der Waals surface area contributed by atoms with E-state index in [2.05, 4.69) is 6.58 Å². The lowest BCUT2D eigenvalue weighted by molar-refractivity contribution is 0.123. The Bertz CT molecular complexity index is 520. The molecular formula is C14H12ClF2N. The minimum Gasteiger partial charge on any atom is -0.336 e. The van der Waals surface area contributed by atoms with Gasteiger partial charge in [0.05, 0.1) is 12.2 Å². The molecule has 0 spiro atoms. The van der Waals surface area contributed by atoms with Crippen molar-refractivity contribution < 1.29 is 8.78 Å². The average molecular weight is 268 g/mol. The van der Waals surface area contributed by atoms with Crippen molar-refractivity contribution in [2.75, 3.05) is 6.54 Å². The minimum atomic E-state index is -2.43. The van der Waals surface area contributed by atoms with Crippen LogP contribution in [0.4, 0.5) is 8.78 Å². The standard InChI is InChI=1S/C14H12ClF2N/c1-10-5-4-8-13(18(10)9-14(16)17)11-6-2-3-7-12(11)15/h2-8,14H,1,9H2. The number of allylic oxidation sites excluding steroid dienone is 3.